The highest BCUT2D eigenvalue weighted by atomic mass is 16.6. The third-order valence-corrected chi connectivity index (χ3v) is 6.80. The molecule has 0 radical (unpaired) electrons. The van der Waals surface area contributed by atoms with Crippen molar-refractivity contribution < 1.29 is 23.9 Å². The highest BCUT2D eigenvalue weighted by Gasteiger charge is 2.30. The molecule has 0 fully saturated rings. The van der Waals surface area contributed by atoms with Crippen LogP contribution in [0.15, 0.2) is 72.8 Å². The minimum absolute atomic E-state index is 0.273. The lowest BCUT2D eigenvalue weighted by molar-refractivity contribution is -0.161. The van der Waals surface area contributed by atoms with Crippen LogP contribution >= 0.6 is 0 Å². The molecule has 1 unspecified atom stereocenters. The van der Waals surface area contributed by atoms with Crippen LogP contribution in [0, 0.1) is 0 Å². The molecule has 9 nitrogen and oxygen atoms in total. The first-order valence-electron chi connectivity index (χ1n) is 13.8. The maximum Gasteiger partial charge on any atom is 0.337 e. The summed E-state index contributed by atoms with van der Waals surface area (Å²) in [6.07, 6.45) is 0.490. The number of fused-ring (bicyclic) bond motifs is 1. The first-order chi connectivity index (χ1) is 20.0. The predicted octanol–water partition coefficient (Wildman–Crippen LogP) is 4.90. The fourth-order valence-electron chi connectivity index (χ4n) is 4.83. The highest BCUT2D eigenvalue weighted by molar-refractivity contribution is 6.37. The Bertz CT molecular complexity index is 1480. The Morgan fingerprint density at radius 3 is 2.31 bits per heavy atom. The van der Waals surface area contributed by atoms with E-state index in [0.717, 1.165) is 16.8 Å². The van der Waals surface area contributed by atoms with Gasteiger partial charge in [0.15, 0.2) is 0 Å². The maximum atomic E-state index is 13.2. The molecular formula is C33H38N4O5. The van der Waals surface area contributed by atoms with Gasteiger partial charge in [-0.15, -0.1) is 0 Å². The second-order valence-corrected chi connectivity index (χ2v) is 11.2. The number of likely N-dealkylation sites (N-methyl/N-ethyl adjacent to an activating group) is 1. The second-order valence-electron chi connectivity index (χ2n) is 11.2. The molecule has 0 aliphatic carbocycles. The molecule has 1 atom stereocenters. The number of carbonyl (C=O) groups is 3. The number of rotatable bonds is 10. The minimum Gasteiger partial charge on any atom is -0.465 e. The summed E-state index contributed by atoms with van der Waals surface area (Å²) in [5.41, 5.74) is 10.5. The van der Waals surface area contributed by atoms with Gasteiger partial charge in [0.25, 0.3) is 5.91 Å². The second kappa shape index (κ2) is 13.0. The number of ether oxygens (including phenoxy) is 2. The summed E-state index contributed by atoms with van der Waals surface area (Å²) in [5.74, 6) is -1.04. The van der Waals surface area contributed by atoms with Gasteiger partial charge < -0.3 is 25.8 Å². The van der Waals surface area contributed by atoms with Gasteiger partial charge in [0.2, 0.25) is 0 Å². The zero-order valence-corrected chi connectivity index (χ0v) is 24.7. The molecule has 1 aliphatic heterocycles. The molecule has 1 aliphatic rings. The van der Waals surface area contributed by atoms with Crippen LogP contribution < -0.4 is 16.4 Å². The molecule has 42 heavy (non-hydrogen) atoms. The predicted molar refractivity (Wildman–Crippen MR) is 165 cm³/mol. The van der Waals surface area contributed by atoms with E-state index in [-0.39, 0.29) is 11.9 Å². The summed E-state index contributed by atoms with van der Waals surface area (Å²) in [7, 11) is 3.20. The van der Waals surface area contributed by atoms with Crippen LogP contribution in [0.2, 0.25) is 0 Å². The molecule has 0 bridgehead atoms. The number of nitrogens with one attached hydrogen (secondary N) is 2. The summed E-state index contributed by atoms with van der Waals surface area (Å²) in [6, 6.07) is 22.0. The Hall–Kier alpha value is -4.47. The Morgan fingerprint density at radius 2 is 1.69 bits per heavy atom. The molecule has 1 heterocycles. The van der Waals surface area contributed by atoms with Gasteiger partial charge in [-0.2, -0.15) is 0 Å². The van der Waals surface area contributed by atoms with Gasteiger partial charge in [-0.1, -0.05) is 48.5 Å². The molecule has 0 saturated carbocycles. The van der Waals surface area contributed by atoms with Crippen molar-refractivity contribution in [2.24, 2.45) is 5.73 Å². The van der Waals surface area contributed by atoms with Gasteiger partial charge in [-0.25, -0.2) is 4.79 Å². The van der Waals surface area contributed by atoms with Crippen LogP contribution in [0.1, 0.15) is 54.2 Å². The molecule has 3 aromatic rings. The summed E-state index contributed by atoms with van der Waals surface area (Å²) in [6.45, 7) is 6.44. The number of anilines is 2. The van der Waals surface area contributed by atoms with Crippen LogP contribution in [-0.2, 0) is 25.6 Å². The van der Waals surface area contributed by atoms with Crippen LogP contribution in [0.3, 0.4) is 0 Å². The minimum atomic E-state index is -0.580. The summed E-state index contributed by atoms with van der Waals surface area (Å²) in [4.78, 5) is 40.0. The number of methoxy groups -OCH3 is 1. The third kappa shape index (κ3) is 7.23. The van der Waals surface area contributed by atoms with Crippen molar-refractivity contribution in [1.82, 2.24) is 4.90 Å². The van der Waals surface area contributed by atoms with Gasteiger partial charge in [0.05, 0.1) is 29.6 Å². The van der Waals surface area contributed by atoms with E-state index in [1.165, 1.54) is 7.11 Å². The molecule has 0 spiro atoms. The van der Waals surface area contributed by atoms with E-state index < -0.39 is 17.6 Å². The van der Waals surface area contributed by atoms with Crippen molar-refractivity contribution >= 4 is 40.5 Å². The van der Waals surface area contributed by atoms with Gasteiger partial charge in [-0.05, 0) is 76.2 Å². The number of nitrogens with two attached hydrogens (primary N) is 1. The monoisotopic (exact) mass is 570 g/mol. The number of benzene rings is 3. The summed E-state index contributed by atoms with van der Waals surface area (Å²) >= 11 is 0. The molecule has 1 amide bonds. The lowest BCUT2D eigenvalue weighted by Gasteiger charge is -2.29. The van der Waals surface area contributed by atoms with Crippen LogP contribution in [-0.4, -0.2) is 55.1 Å². The lowest BCUT2D eigenvalue weighted by atomic mass is 9.99. The summed E-state index contributed by atoms with van der Waals surface area (Å²) < 4.78 is 10.4. The molecule has 3 aromatic carbocycles. The van der Waals surface area contributed by atoms with Crippen LogP contribution in [0.5, 0.6) is 0 Å². The van der Waals surface area contributed by atoms with Crippen molar-refractivity contribution in [2.75, 3.05) is 31.3 Å². The van der Waals surface area contributed by atoms with E-state index >= 15 is 0 Å². The number of hydrogen-bond donors (Lipinski definition) is 3. The standard InChI is InChI=1S/C33H38N4O5/c1-33(2,3)42-32(40)27(17-18-34)37(4)20-21-11-14-24(15-12-21)35-29(22-9-7-6-8-10-22)28-25-16-13-23(31(39)41-5)19-26(25)36-30(28)38/h6-16,19,27,35H,17-18,20,34H2,1-5H3,(H,36,38)/b29-28-. The van der Waals surface area contributed by atoms with E-state index in [1.54, 1.807) is 18.2 Å². The highest BCUT2D eigenvalue weighted by Crippen LogP contribution is 2.38. The topological polar surface area (TPSA) is 123 Å². The maximum absolute atomic E-state index is 13.2. The van der Waals surface area contributed by atoms with Crippen molar-refractivity contribution in [3.05, 3.63) is 95.1 Å². The number of amides is 1. The fraction of sp³-hybridized carbons (Fsp3) is 0.303. The van der Waals surface area contributed by atoms with Crippen LogP contribution in [0.4, 0.5) is 11.4 Å². The quantitative estimate of drug-likeness (QED) is 0.232. The molecular weight excluding hydrogens is 532 g/mol. The van der Waals surface area contributed by atoms with Crippen molar-refractivity contribution in [3.8, 4) is 0 Å². The lowest BCUT2D eigenvalue weighted by Crippen LogP contribution is -2.43. The van der Waals surface area contributed by atoms with Crippen LogP contribution in [0.25, 0.3) is 11.3 Å². The van der Waals surface area contributed by atoms with Crippen molar-refractivity contribution in [2.45, 2.75) is 45.4 Å². The molecule has 4 rings (SSSR count). The third-order valence-electron chi connectivity index (χ3n) is 6.80. The molecule has 0 saturated heterocycles. The van der Waals surface area contributed by atoms with Gasteiger partial charge in [0.1, 0.15) is 11.6 Å². The average molecular weight is 571 g/mol. The van der Waals surface area contributed by atoms with Crippen molar-refractivity contribution in [3.63, 3.8) is 0 Å². The Labute approximate surface area is 246 Å². The largest absolute Gasteiger partial charge is 0.465 e. The fourth-order valence-corrected chi connectivity index (χ4v) is 4.83. The van der Waals surface area contributed by atoms with Gasteiger partial charge >= 0.3 is 11.9 Å². The van der Waals surface area contributed by atoms with Gasteiger partial charge in [0, 0.05) is 17.8 Å². The number of carbonyl (C=O) groups excluding carboxylic acids is 3. The molecule has 220 valence electrons. The number of nitrogens with zero attached hydrogens (tertiary/aromatic N) is 1. The number of hydrogen-bond acceptors (Lipinski definition) is 8. The van der Waals surface area contributed by atoms with Crippen molar-refractivity contribution in [1.29, 1.82) is 0 Å². The normalized spacial score (nSPS) is 14.6. The zero-order valence-electron chi connectivity index (χ0n) is 24.7. The van der Waals surface area contributed by atoms with Gasteiger partial charge in [-0.3, -0.25) is 14.5 Å². The summed E-state index contributed by atoms with van der Waals surface area (Å²) in [5, 5.41) is 6.33. The molecule has 0 aromatic heterocycles. The number of esters is 2. The SMILES string of the molecule is COC(=O)c1ccc2c(c1)NC(=O)/C2=C(\Nc1ccc(CN(C)C(CCN)C(=O)OC(C)(C)C)cc1)c1ccccc1. The first-order valence-corrected chi connectivity index (χ1v) is 13.8. The molecule has 9 heteroatoms. The zero-order chi connectivity index (χ0) is 30.4. The van der Waals surface area contributed by atoms with E-state index in [0.29, 0.717) is 47.6 Å². The molecule has 4 N–H and O–H groups in total. The Balaban J connectivity index is 1.60. The van der Waals surface area contributed by atoms with E-state index in [1.807, 2.05) is 87.3 Å². The van der Waals surface area contributed by atoms with E-state index in [9.17, 15) is 14.4 Å². The smallest absolute Gasteiger partial charge is 0.337 e. The average Bonchev–Trinajstić information content (AvgIpc) is 3.29. The first kappa shape index (κ1) is 30.5. The van der Waals surface area contributed by atoms with E-state index in [2.05, 4.69) is 10.6 Å². The Kier molecular flexibility index (Phi) is 9.45. The Morgan fingerprint density at radius 1 is 1.00 bits per heavy atom. The van der Waals surface area contributed by atoms with E-state index in [4.69, 9.17) is 15.2 Å².